The van der Waals surface area contributed by atoms with E-state index in [4.69, 9.17) is 33.4 Å². The number of benzene rings is 1. The Morgan fingerprint density at radius 3 is 2.31 bits per heavy atom. The quantitative estimate of drug-likeness (QED) is 0.138. The van der Waals surface area contributed by atoms with Crippen LogP contribution in [0.25, 0.3) is 5.76 Å². The minimum atomic E-state index is -3.08. The first-order valence-electron chi connectivity index (χ1n) is 11.5. The molecular weight excluding hydrogens is 514 g/mol. The van der Waals surface area contributed by atoms with Gasteiger partial charge >= 0.3 is 5.97 Å². The smallest absolute Gasteiger partial charge is 0.320 e. The number of carbonyl (C=O) groups is 4. The number of nitrogens with zero attached hydrogens (tertiary/aromatic N) is 2. The van der Waals surface area contributed by atoms with Crippen LogP contribution in [0.5, 0.6) is 5.75 Å². The van der Waals surface area contributed by atoms with Crippen molar-refractivity contribution in [3.8, 4) is 11.8 Å². The lowest BCUT2D eigenvalue weighted by molar-refractivity contribution is -0.175. The molecule has 15 heteroatoms. The Bertz CT molecular complexity index is 1460. The molecule has 13 N–H and O–H groups in total. The molecule has 1 aromatic rings. The number of fused-ring (bicyclic) bond motifs is 3. The van der Waals surface area contributed by atoms with Gasteiger partial charge in [-0.15, -0.1) is 0 Å². The van der Waals surface area contributed by atoms with E-state index in [0.717, 1.165) is 4.90 Å². The molecule has 3 aliphatic rings. The standard InChI is InChI=1S/C24H27N7O8/c1-31(2)17-15(35)12(20(28)38)18(36)22(7-26)19(37)13-14(34)11-8(4-3-5-9(11)32)16(27)23(13,29)21(24(17,22)30)39-10(33)6-25/h3-5,16-17,21,32,34,36H,6,25,27,29-30H2,1-2H3,(H2,28,38)/t16-,17+,21-,22-,23+,24-/m0/s1. The van der Waals surface area contributed by atoms with Crippen molar-refractivity contribution in [2.75, 3.05) is 20.6 Å². The Balaban J connectivity index is 2.28. The van der Waals surface area contributed by atoms with Gasteiger partial charge in [-0.1, -0.05) is 12.1 Å². The number of phenolic OH excluding ortho intramolecular Hbond substituents is 1. The van der Waals surface area contributed by atoms with Gasteiger partial charge in [-0.25, -0.2) is 0 Å². The number of ketones is 2. The van der Waals surface area contributed by atoms with Crippen LogP contribution in [0.15, 0.2) is 35.1 Å². The number of ether oxygens (including phenoxy) is 1. The third-order valence-electron chi connectivity index (χ3n) is 7.80. The zero-order valence-electron chi connectivity index (χ0n) is 20.8. The van der Waals surface area contributed by atoms with Crippen molar-refractivity contribution in [1.82, 2.24) is 4.90 Å². The van der Waals surface area contributed by atoms with Gasteiger partial charge in [0.15, 0.2) is 11.6 Å². The van der Waals surface area contributed by atoms with Crippen LogP contribution >= 0.6 is 0 Å². The number of hydrogen-bond donors (Lipinski definition) is 8. The van der Waals surface area contributed by atoms with E-state index in [1.165, 1.54) is 32.3 Å². The van der Waals surface area contributed by atoms with Crippen molar-refractivity contribution in [1.29, 1.82) is 5.26 Å². The van der Waals surface area contributed by atoms with Crippen LogP contribution in [0.2, 0.25) is 0 Å². The summed E-state index contributed by atoms with van der Waals surface area (Å²) < 4.78 is 5.56. The summed E-state index contributed by atoms with van der Waals surface area (Å²) >= 11 is 0. The van der Waals surface area contributed by atoms with E-state index < -0.39 is 93.1 Å². The predicted octanol–water partition coefficient (Wildman–Crippen LogP) is -3.16. The molecule has 15 nitrogen and oxygen atoms in total. The summed E-state index contributed by atoms with van der Waals surface area (Å²) in [7, 11) is 2.62. The first-order chi connectivity index (χ1) is 18.1. The number of aromatic hydroxyl groups is 1. The molecule has 0 heterocycles. The second kappa shape index (κ2) is 8.59. The van der Waals surface area contributed by atoms with E-state index in [0.29, 0.717) is 0 Å². The lowest BCUT2D eigenvalue weighted by Gasteiger charge is -2.62. The van der Waals surface area contributed by atoms with Crippen molar-refractivity contribution in [3.63, 3.8) is 0 Å². The molecule has 1 saturated carbocycles. The van der Waals surface area contributed by atoms with Crippen LogP contribution in [-0.2, 0) is 23.9 Å². The van der Waals surface area contributed by atoms with Crippen LogP contribution in [0.4, 0.5) is 0 Å². The molecule has 1 aromatic carbocycles. The number of nitrogens with two attached hydrogens (primary N) is 5. The number of Topliss-reactive ketones (excluding diaryl/α,β-unsaturated/α-hetero) is 2. The van der Waals surface area contributed by atoms with Crippen LogP contribution in [0.3, 0.4) is 0 Å². The van der Waals surface area contributed by atoms with Gasteiger partial charge in [-0.2, -0.15) is 5.26 Å². The molecule has 6 atom stereocenters. The van der Waals surface area contributed by atoms with E-state index in [2.05, 4.69) is 0 Å². The minimum absolute atomic E-state index is 0.00883. The molecule has 0 aromatic heterocycles. The zero-order valence-corrected chi connectivity index (χ0v) is 20.8. The first kappa shape index (κ1) is 27.7. The number of nitriles is 1. The number of esters is 1. The van der Waals surface area contributed by atoms with E-state index in [9.17, 15) is 39.8 Å². The molecule has 4 rings (SSSR count). The molecule has 0 saturated heterocycles. The van der Waals surface area contributed by atoms with E-state index in [1.807, 2.05) is 0 Å². The fourth-order valence-electron chi connectivity index (χ4n) is 6.19. The van der Waals surface area contributed by atoms with E-state index in [-0.39, 0.29) is 11.1 Å². The Hall–Kier alpha value is -4.33. The Labute approximate surface area is 221 Å². The summed E-state index contributed by atoms with van der Waals surface area (Å²) in [5, 5.41) is 43.7. The average Bonchev–Trinajstić information content (AvgIpc) is 2.84. The summed E-state index contributed by atoms with van der Waals surface area (Å²) in [4.78, 5) is 54.1. The molecule has 0 unspecified atom stereocenters. The van der Waals surface area contributed by atoms with Gasteiger partial charge in [0.25, 0.3) is 5.91 Å². The molecule has 39 heavy (non-hydrogen) atoms. The van der Waals surface area contributed by atoms with Gasteiger partial charge in [0, 0.05) is 0 Å². The van der Waals surface area contributed by atoms with Crippen LogP contribution in [0.1, 0.15) is 17.2 Å². The number of amides is 1. The van der Waals surface area contributed by atoms with Gasteiger partial charge in [0.1, 0.15) is 40.0 Å². The first-order valence-corrected chi connectivity index (χ1v) is 11.5. The number of rotatable bonds is 4. The Morgan fingerprint density at radius 2 is 1.79 bits per heavy atom. The number of likely N-dealkylation sites (N-methyl/N-ethyl adjacent to an activating group) is 1. The predicted molar refractivity (Wildman–Crippen MR) is 132 cm³/mol. The number of aliphatic hydroxyl groups is 2. The second-order valence-electron chi connectivity index (χ2n) is 9.89. The number of phenols is 1. The van der Waals surface area contributed by atoms with Crippen molar-refractivity contribution in [2.24, 2.45) is 34.1 Å². The maximum absolute atomic E-state index is 14.4. The normalized spacial score (nSPS) is 33.7. The highest BCUT2D eigenvalue weighted by Crippen LogP contribution is 2.60. The highest BCUT2D eigenvalue weighted by Gasteiger charge is 2.81. The molecule has 3 aliphatic carbocycles. The number of aliphatic hydroxyl groups excluding tert-OH is 2. The zero-order chi connectivity index (χ0) is 29.4. The van der Waals surface area contributed by atoms with E-state index >= 15 is 0 Å². The molecule has 0 bridgehead atoms. The number of carbonyl (C=O) groups excluding carboxylic acids is 4. The van der Waals surface area contributed by atoms with Gasteiger partial charge < -0.3 is 48.7 Å². The van der Waals surface area contributed by atoms with Crippen LogP contribution < -0.4 is 28.7 Å². The van der Waals surface area contributed by atoms with E-state index in [1.54, 1.807) is 6.07 Å². The van der Waals surface area contributed by atoms with Gasteiger partial charge in [-0.3, -0.25) is 24.1 Å². The maximum atomic E-state index is 14.4. The Kier molecular flexibility index (Phi) is 6.10. The second-order valence-corrected chi connectivity index (χ2v) is 9.89. The lowest BCUT2D eigenvalue weighted by Crippen LogP contribution is -2.88. The van der Waals surface area contributed by atoms with Crippen molar-refractivity contribution < 1.29 is 39.2 Å². The van der Waals surface area contributed by atoms with Crippen LogP contribution in [-0.4, -0.2) is 87.5 Å². The van der Waals surface area contributed by atoms with Crippen molar-refractivity contribution >= 4 is 29.2 Å². The molecule has 0 aliphatic heterocycles. The van der Waals surface area contributed by atoms with Gasteiger partial charge in [-0.05, 0) is 25.7 Å². The number of hydrogen-bond acceptors (Lipinski definition) is 14. The molecular formula is C24H27N7O8. The molecule has 1 amide bonds. The van der Waals surface area contributed by atoms with Crippen molar-refractivity contribution in [2.45, 2.75) is 29.3 Å². The molecule has 0 spiro atoms. The highest BCUT2D eigenvalue weighted by molar-refractivity contribution is 6.26. The maximum Gasteiger partial charge on any atom is 0.320 e. The summed E-state index contributed by atoms with van der Waals surface area (Å²) in [6, 6.07) is 2.14. The Morgan fingerprint density at radius 1 is 1.18 bits per heavy atom. The third kappa shape index (κ3) is 3.02. The summed E-state index contributed by atoms with van der Waals surface area (Å²) in [5.41, 5.74) is 20.4. The largest absolute Gasteiger partial charge is 0.509 e. The van der Waals surface area contributed by atoms with Gasteiger partial charge in [0.05, 0.1) is 35.8 Å². The fourth-order valence-corrected chi connectivity index (χ4v) is 6.19. The monoisotopic (exact) mass is 541 g/mol. The summed E-state index contributed by atoms with van der Waals surface area (Å²) in [6.07, 6.45) is -2.12. The summed E-state index contributed by atoms with van der Waals surface area (Å²) in [5.74, 6) is -8.16. The minimum Gasteiger partial charge on any atom is -0.509 e. The topological polar surface area (TPSA) is 295 Å². The lowest BCUT2D eigenvalue weighted by atomic mass is 9.45. The molecule has 0 radical (unpaired) electrons. The highest BCUT2D eigenvalue weighted by atomic mass is 16.5. The average molecular weight is 542 g/mol. The van der Waals surface area contributed by atoms with Crippen molar-refractivity contribution in [3.05, 3.63) is 46.2 Å². The fraction of sp³-hybridized carbons (Fsp3) is 0.375. The van der Waals surface area contributed by atoms with Gasteiger partial charge in [0.2, 0.25) is 5.41 Å². The van der Waals surface area contributed by atoms with Crippen LogP contribution in [0, 0.1) is 16.7 Å². The number of primary amides is 1. The molecule has 1 fully saturated rings. The SMILES string of the molecule is CN(C)[C@@H]1C(=O)C(C(N)=O)=C(O)[C@@]2(C#N)C(=O)C3=C(O)c4c(O)cccc4[C@H](N)[C@@]3(N)[C@H](OC(=O)CN)[C@@]12N. The molecule has 206 valence electrons. The third-order valence-corrected chi connectivity index (χ3v) is 7.80. The summed E-state index contributed by atoms with van der Waals surface area (Å²) in [6.45, 7) is -0.747.